The number of aliphatic hydroxyl groups is 1. The Morgan fingerprint density at radius 1 is 0.625 bits per heavy atom. The zero-order valence-electron chi connectivity index (χ0n) is 23.0. The van der Waals surface area contributed by atoms with Crippen molar-refractivity contribution in [2.45, 2.75) is 114 Å². The van der Waals surface area contributed by atoms with Crippen molar-refractivity contribution in [2.24, 2.45) is 5.41 Å². The minimum absolute atomic E-state index is 0.144. The summed E-state index contributed by atoms with van der Waals surface area (Å²) in [4.78, 5) is 0. The molecule has 0 aliphatic rings. The highest BCUT2D eigenvalue weighted by Crippen LogP contribution is 2.40. The molecule has 0 aromatic heterocycles. The first kappa shape index (κ1) is 30.4. The molecule has 0 atom stereocenters. The Morgan fingerprint density at radius 2 is 1.09 bits per heavy atom. The van der Waals surface area contributed by atoms with Crippen molar-refractivity contribution in [1.82, 2.24) is 0 Å². The summed E-state index contributed by atoms with van der Waals surface area (Å²) in [6.07, 6.45) is 19.6. The highest BCUT2D eigenvalue weighted by molar-refractivity contribution is 5.21. The zero-order valence-corrected chi connectivity index (χ0v) is 23.0. The molecule has 0 radical (unpaired) electrons. The fourth-order valence-corrected chi connectivity index (χ4v) is 3.77. The lowest BCUT2D eigenvalue weighted by molar-refractivity contribution is 0.331. The van der Waals surface area contributed by atoms with E-state index in [0.717, 1.165) is 50.5 Å². The fraction of sp³-hybridized carbons (Fsp3) is 0.613. The molecule has 0 saturated heterocycles. The van der Waals surface area contributed by atoms with Crippen LogP contribution in [0.2, 0.25) is 0 Å². The molecule has 1 nitrogen and oxygen atoms in total. The van der Waals surface area contributed by atoms with Gasteiger partial charge in [-0.05, 0) is 120 Å². The first-order valence-corrected chi connectivity index (χ1v) is 12.4. The molecule has 0 fully saturated rings. The monoisotopic (exact) mass is 440 g/mol. The Kier molecular flexibility index (Phi) is 15.3. The lowest BCUT2D eigenvalue weighted by Crippen LogP contribution is -2.19. The summed E-state index contributed by atoms with van der Waals surface area (Å²) in [5, 5.41) is 9.12. The Balaban J connectivity index is 5.58. The van der Waals surface area contributed by atoms with Crippen LogP contribution in [0.5, 0.6) is 0 Å². The van der Waals surface area contributed by atoms with Crippen LogP contribution in [0.15, 0.2) is 69.4 Å². The van der Waals surface area contributed by atoms with Gasteiger partial charge in [0.05, 0.1) is 6.61 Å². The molecule has 0 amide bonds. The van der Waals surface area contributed by atoms with Crippen LogP contribution < -0.4 is 0 Å². The van der Waals surface area contributed by atoms with Crippen molar-refractivity contribution in [2.75, 3.05) is 6.61 Å². The smallest absolute Gasteiger partial charge is 0.0639 e. The number of aliphatic hydroxyl groups excluding tert-OH is 1. The zero-order chi connectivity index (χ0) is 24.7. The van der Waals surface area contributed by atoms with E-state index < -0.39 is 0 Å². The molecular weight excluding hydrogens is 388 g/mol. The van der Waals surface area contributed by atoms with E-state index in [2.05, 4.69) is 92.7 Å². The topological polar surface area (TPSA) is 20.2 Å². The lowest BCUT2D eigenvalue weighted by Gasteiger charge is -2.31. The van der Waals surface area contributed by atoms with Crippen LogP contribution in [0.3, 0.4) is 0 Å². The van der Waals surface area contributed by atoms with Gasteiger partial charge in [0.1, 0.15) is 0 Å². The van der Waals surface area contributed by atoms with Crippen LogP contribution in [0, 0.1) is 5.41 Å². The third-order valence-corrected chi connectivity index (χ3v) is 6.17. The average molecular weight is 441 g/mol. The maximum Gasteiger partial charge on any atom is 0.0639 e. The van der Waals surface area contributed by atoms with Crippen LogP contribution in [-0.4, -0.2) is 11.7 Å². The molecular formula is C31H52O. The Bertz CT molecular complexity index is 717. The number of hydrogen-bond donors (Lipinski definition) is 1. The number of hydrogen-bond acceptors (Lipinski definition) is 1. The van der Waals surface area contributed by atoms with Gasteiger partial charge >= 0.3 is 0 Å². The summed E-state index contributed by atoms with van der Waals surface area (Å²) >= 11 is 0. The van der Waals surface area contributed by atoms with Gasteiger partial charge in [0.15, 0.2) is 0 Å². The predicted octanol–water partition coefficient (Wildman–Crippen LogP) is 9.82. The van der Waals surface area contributed by atoms with Gasteiger partial charge < -0.3 is 5.11 Å². The second-order valence-electron chi connectivity index (χ2n) is 10.6. The fourth-order valence-electron chi connectivity index (χ4n) is 3.77. The minimum atomic E-state index is 0.144. The molecule has 0 aliphatic heterocycles. The lowest BCUT2D eigenvalue weighted by atomic mass is 9.73. The summed E-state index contributed by atoms with van der Waals surface area (Å²) in [5.74, 6) is 0. The molecule has 0 aromatic rings. The van der Waals surface area contributed by atoms with Gasteiger partial charge in [0.2, 0.25) is 0 Å². The number of allylic oxidation sites excluding steroid dienone is 11. The maximum absolute atomic E-state index is 9.12. The highest BCUT2D eigenvalue weighted by Gasteiger charge is 2.26. The Morgan fingerprint density at radius 3 is 1.53 bits per heavy atom. The first-order chi connectivity index (χ1) is 14.9. The molecule has 0 unspecified atom stereocenters. The predicted molar refractivity (Wildman–Crippen MR) is 146 cm³/mol. The van der Waals surface area contributed by atoms with Crippen LogP contribution in [-0.2, 0) is 0 Å². The van der Waals surface area contributed by atoms with Crippen molar-refractivity contribution >= 4 is 0 Å². The average Bonchev–Trinajstić information content (AvgIpc) is 2.70. The van der Waals surface area contributed by atoms with Crippen molar-refractivity contribution in [3.8, 4) is 0 Å². The van der Waals surface area contributed by atoms with Crippen molar-refractivity contribution < 1.29 is 5.11 Å². The third-order valence-electron chi connectivity index (χ3n) is 6.17. The van der Waals surface area contributed by atoms with Gasteiger partial charge in [-0.3, -0.25) is 0 Å². The molecule has 0 heterocycles. The Hall–Kier alpha value is -1.60. The van der Waals surface area contributed by atoms with E-state index in [0.29, 0.717) is 0 Å². The van der Waals surface area contributed by atoms with E-state index in [1.807, 2.05) is 6.92 Å². The van der Waals surface area contributed by atoms with E-state index in [9.17, 15) is 0 Å². The van der Waals surface area contributed by atoms with Gasteiger partial charge in [-0.25, -0.2) is 0 Å². The van der Waals surface area contributed by atoms with Gasteiger partial charge in [0.25, 0.3) is 0 Å². The second-order valence-corrected chi connectivity index (χ2v) is 10.6. The van der Waals surface area contributed by atoms with Crippen molar-refractivity contribution in [1.29, 1.82) is 0 Å². The molecule has 32 heavy (non-hydrogen) atoms. The molecule has 1 heteroatoms. The molecule has 0 saturated carbocycles. The van der Waals surface area contributed by atoms with Crippen LogP contribution in [0.1, 0.15) is 114 Å². The molecule has 0 rings (SSSR count). The summed E-state index contributed by atoms with van der Waals surface area (Å²) < 4.78 is 0. The van der Waals surface area contributed by atoms with Crippen LogP contribution >= 0.6 is 0 Å². The van der Waals surface area contributed by atoms with Crippen LogP contribution in [0.4, 0.5) is 0 Å². The summed E-state index contributed by atoms with van der Waals surface area (Å²) in [7, 11) is 0. The quantitative estimate of drug-likeness (QED) is 0.266. The van der Waals surface area contributed by atoms with E-state index in [4.69, 9.17) is 5.11 Å². The number of rotatable bonds is 14. The highest BCUT2D eigenvalue weighted by atomic mass is 16.3. The molecule has 0 aromatic carbocycles. The summed E-state index contributed by atoms with van der Waals surface area (Å²) in [6.45, 7) is 22.3. The molecule has 0 spiro atoms. The normalized spacial score (nSPS) is 13.2. The minimum Gasteiger partial charge on any atom is -0.392 e. The largest absolute Gasteiger partial charge is 0.392 e. The van der Waals surface area contributed by atoms with Crippen molar-refractivity contribution in [3.05, 3.63) is 69.4 Å². The maximum atomic E-state index is 9.12. The third kappa shape index (κ3) is 14.5. The summed E-state index contributed by atoms with van der Waals surface area (Å²) in [6, 6.07) is 0. The molecule has 0 bridgehead atoms. The first-order valence-electron chi connectivity index (χ1n) is 12.4. The van der Waals surface area contributed by atoms with Gasteiger partial charge in [-0.15, -0.1) is 0 Å². The SMILES string of the molecule is CC(C)=CCC(/C=C(\C)CC/C=C(\C)CC/C=C(\C)CO)(CC=C(C)C)CC(C)=C(C)C. The molecule has 0 aliphatic carbocycles. The molecule has 1 N–H and O–H groups in total. The molecule has 182 valence electrons. The van der Waals surface area contributed by atoms with Gasteiger partial charge in [-0.2, -0.15) is 0 Å². The standard InChI is InChI=1S/C31H52O/c1-24(2)17-19-31(20-18-25(3)4,22-30(10)26(5)6)21-28(8)15-11-13-27(7)14-12-16-29(9)23-32/h13,16-18,21,32H,11-12,14-15,19-20,22-23H2,1-10H3/b27-13+,28-21+,29-16+. The van der Waals surface area contributed by atoms with Gasteiger partial charge in [0, 0.05) is 0 Å². The van der Waals surface area contributed by atoms with E-state index >= 15 is 0 Å². The van der Waals surface area contributed by atoms with Gasteiger partial charge in [-0.1, -0.05) is 69.4 Å². The van der Waals surface area contributed by atoms with E-state index in [1.54, 1.807) is 0 Å². The van der Waals surface area contributed by atoms with Crippen molar-refractivity contribution in [3.63, 3.8) is 0 Å². The van der Waals surface area contributed by atoms with E-state index in [-0.39, 0.29) is 12.0 Å². The summed E-state index contributed by atoms with van der Waals surface area (Å²) in [5.41, 5.74) is 9.90. The second kappa shape index (κ2) is 16.1. The van der Waals surface area contributed by atoms with Crippen LogP contribution in [0.25, 0.3) is 0 Å². The Labute approximate surface area is 200 Å². The van der Waals surface area contributed by atoms with E-state index in [1.165, 1.54) is 33.4 Å².